The van der Waals surface area contributed by atoms with Gasteiger partial charge in [0.15, 0.2) is 0 Å². The molecule has 0 aliphatic heterocycles. The first-order chi connectivity index (χ1) is 12.2. The topological polar surface area (TPSA) is 56.8 Å². The Morgan fingerprint density at radius 1 is 0.960 bits per heavy atom. The second-order valence-corrected chi connectivity index (χ2v) is 6.03. The van der Waals surface area contributed by atoms with E-state index in [1.54, 1.807) is 14.2 Å². The van der Waals surface area contributed by atoms with Crippen molar-refractivity contribution < 1.29 is 19.0 Å². The van der Waals surface area contributed by atoms with Crippen LogP contribution < -0.4 is 14.8 Å². The number of benzene rings is 2. The highest BCUT2D eigenvalue weighted by Gasteiger charge is 2.29. The lowest BCUT2D eigenvalue weighted by Gasteiger charge is -2.15. The Balaban J connectivity index is 1.89. The number of fused-ring (bicyclic) bond motifs is 3. The zero-order valence-corrected chi connectivity index (χ0v) is 14.8. The summed E-state index contributed by atoms with van der Waals surface area (Å²) in [6.07, 6.45) is 0.801. The van der Waals surface area contributed by atoms with Crippen LogP contribution in [-0.4, -0.2) is 40.4 Å². The van der Waals surface area contributed by atoms with E-state index in [0.29, 0.717) is 6.54 Å². The van der Waals surface area contributed by atoms with Gasteiger partial charge in [-0.05, 0) is 52.9 Å². The van der Waals surface area contributed by atoms with Crippen molar-refractivity contribution in [3.8, 4) is 22.6 Å². The highest BCUT2D eigenvalue weighted by atomic mass is 16.5. The van der Waals surface area contributed by atoms with Gasteiger partial charge in [0.05, 0.1) is 14.2 Å². The normalized spacial score (nSPS) is 12.4. The molecule has 1 N–H and O–H groups in total. The average Bonchev–Trinajstić information content (AvgIpc) is 2.94. The fourth-order valence-electron chi connectivity index (χ4n) is 3.42. The molecular weight excluding hydrogens is 318 g/mol. The Hall–Kier alpha value is -2.53. The number of methoxy groups -OCH3 is 3. The standard InChI is InChI=1S/C20H23NO4/c1-23-12-20(22)21-9-8-17-18-10-13(24-2)4-6-15(18)16-7-5-14(25-3)11-19(16)17/h4-7,10-11,17H,8-9,12H2,1-3H3,(H,21,22). The lowest BCUT2D eigenvalue weighted by atomic mass is 9.93. The molecule has 0 radical (unpaired) electrons. The third-order valence-corrected chi connectivity index (χ3v) is 4.59. The number of ether oxygens (including phenoxy) is 3. The minimum absolute atomic E-state index is 0.0828. The minimum Gasteiger partial charge on any atom is -0.497 e. The van der Waals surface area contributed by atoms with Crippen LogP contribution in [-0.2, 0) is 9.53 Å². The van der Waals surface area contributed by atoms with Crippen LogP contribution in [0.25, 0.3) is 11.1 Å². The van der Waals surface area contributed by atoms with E-state index in [1.165, 1.54) is 29.4 Å². The van der Waals surface area contributed by atoms with Crippen LogP contribution in [0.1, 0.15) is 23.5 Å². The van der Waals surface area contributed by atoms with E-state index in [-0.39, 0.29) is 18.4 Å². The molecule has 2 aromatic carbocycles. The minimum atomic E-state index is -0.0998. The van der Waals surface area contributed by atoms with Crippen molar-refractivity contribution in [1.29, 1.82) is 0 Å². The molecule has 0 unspecified atom stereocenters. The van der Waals surface area contributed by atoms with Crippen molar-refractivity contribution >= 4 is 5.91 Å². The summed E-state index contributed by atoms with van der Waals surface area (Å²) in [4.78, 5) is 11.6. The van der Waals surface area contributed by atoms with Gasteiger partial charge in [0.1, 0.15) is 18.1 Å². The van der Waals surface area contributed by atoms with Crippen molar-refractivity contribution in [2.24, 2.45) is 0 Å². The monoisotopic (exact) mass is 341 g/mol. The SMILES string of the molecule is COCC(=O)NCCC1c2cc(OC)ccc2-c2ccc(OC)cc21. The van der Waals surface area contributed by atoms with Crippen LogP contribution in [0.3, 0.4) is 0 Å². The van der Waals surface area contributed by atoms with Crippen LogP contribution >= 0.6 is 0 Å². The Labute approximate surface area is 147 Å². The Morgan fingerprint density at radius 3 is 2.00 bits per heavy atom. The van der Waals surface area contributed by atoms with Gasteiger partial charge in [0.25, 0.3) is 0 Å². The summed E-state index contributed by atoms with van der Waals surface area (Å²) in [5.41, 5.74) is 4.88. The number of amides is 1. The van der Waals surface area contributed by atoms with Crippen molar-refractivity contribution in [3.63, 3.8) is 0 Å². The van der Waals surface area contributed by atoms with Gasteiger partial charge in [-0.15, -0.1) is 0 Å². The van der Waals surface area contributed by atoms with Gasteiger partial charge in [-0.2, -0.15) is 0 Å². The first kappa shape index (κ1) is 17.3. The molecule has 0 spiro atoms. The lowest BCUT2D eigenvalue weighted by molar-refractivity contribution is -0.124. The van der Waals surface area contributed by atoms with E-state index in [1.807, 2.05) is 12.1 Å². The molecule has 2 aromatic rings. The highest BCUT2D eigenvalue weighted by molar-refractivity contribution is 5.80. The molecule has 0 aromatic heterocycles. The molecule has 0 heterocycles. The second kappa shape index (κ2) is 7.57. The Morgan fingerprint density at radius 2 is 1.52 bits per heavy atom. The maximum Gasteiger partial charge on any atom is 0.245 e. The third kappa shape index (κ3) is 3.46. The molecule has 1 aliphatic carbocycles. The largest absolute Gasteiger partial charge is 0.497 e. The van der Waals surface area contributed by atoms with E-state index < -0.39 is 0 Å². The van der Waals surface area contributed by atoms with Gasteiger partial charge in [-0.3, -0.25) is 4.79 Å². The van der Waals surface area contributed by atoms with Crippen LogP contribution in [0.15, 0.2) is 36.4 Å². The zero-order chi connectivity index (χ0) is 17.8. The first-order valence-electron chi connectivity index (χ1n) is 8.29. The molecule has 1 amide bonds. The Kier molecular flexibility index (Phi) is 5.24. The molecule has 25 heavy (non-hydrogen) atoms. The first-order valence-corrected chi connectivity index (χ1v) is 8.29. The van der Waals surface area contributed by atoms with Crippen LogP contribution in [0.5, 0.6) is 11.5 Å². The van der Waals surface area contributed by atoms with Gasteiger partial charge in [-0.25, -0.2) is 0 Å². The molecule has 0 saturated carbocycles. The molecule has 0 saturated heterocycles. The molecule has 5 nitrogen and oxygen atoms in total. The van der Waals surface area contributed by atoms with Crippen LogP contribution in [0.4, 0.5) is 0 Å². The average molecular weight is 341 g/mol. The number of hydrogen-bond donors (Lipinski definition) is 1. The maximum atomic E-state index is 11.6. The van der Waals surface area contributed by atoms with E-state index >= 15 is 0 Å². The van der Waals surface area contributed by atoms with Gasteiger partial charge >= 0.3 is 0 Å². The second-order valence-electron chi connectivity index (χ2n) is 6.03. The molecule has 5 heteroatoms. The van der Waals surface area contributed by atoms with Gasteiger partial charge in [-0.1, -0.05) is 12.1 Å². The van der Waals surface area contributed by atoms with Crippen molar-refractivity contribution in [3.05, 3.63) is 47.5 Å². The van der Waals surface area contributed by atoms with Gasteiger partial charge < -0.3 is 19.5 Å². The molecule has 0 fully saturated rings. The fourth-order valence-corrected chi connectivity index (χ4v) is 3.42. The van der Waals surface area contributed by atoms with Crippen LogP contribution in [0.2, 0.25) is 0 Å². The van der Waals surface area contributed by atoms with Crippen LogP contribution in [0, 0.1) is 0 Å². The fraction of sp³-hybridized carbons (Fsp3) is 0.350. The van der Waals surface area contributed by atoms with Crippen molar-refractivity contribution in [2.45, 2.75) is 12.3 Å². The summed E-state index contributed by atoms with van der Waals surface area (Å²) in [7, 11) is 4.86. The Bertz CT molecular complexity index is 719. The third-order valence-electron chi connectivity index (χ3n) is 4.59. The molecule has 0 atom stereocenters. The summed E-state index contributed by atoms with van der Waals surface area (Å²) in [5.74, 6) is 1.77. The number of carbonyl (C=O) groups excluding carboxylic acids is 1. The molecule has 0 bridgehead atoms. The van der Waals surface area contributed by atoms with E-state index in [9.17, 15) is 4.79 Å². The molecular formula is C20H23NO4. The van der Waals surface area contributed by atoms with Gasteiger partial charge in [0, 0.05) is 19.6 Å². The van der Waals surface area contributed by atoms with E-state index in [2.05, 4.69) is 29.6 Å². The lowest BCUT2D eigenvalue weighted by Crippen LogP contribution is -2.28. The quantitative estimate of drug-likeness (QED) is 0.841. The molecule has 3 rings (SSSR count). The molecule has 132 valence electrons. The predicted octanol–water partition coefficient (Wildman–Crippen LogP) is 2.97. The summed E-state index contributed by atoms with van der Waals surface area (Å²) >= 11 is 0. The number of rotatable bonds is 7. The smallest absolute Gasteiger partial charge is 0.245 e. The van der Waals surface area contributed by atoms with E-state index in [0.717, 1.165) is 17.9 Å². The zero-order valence-electron chi connectivity index (χ0n) is 14.8. The summed E-state index contributed by atoms with van der Waals surface area (Å²) in [6.45, 7) is 0.666. The number of hydrogen-bond acceptors (Lipinski definition) is 4. The van der Waals surface area contributed by atoms with E-state index in [4.69, 9.17) is 14.2 Å². The highest BCUT2D eigenvalue weighted by Crippen LogP contribution is 2.48. The maximum absolute atomic E-state index is 11.6. The summed E-state index contributed by atoms with van der Waals surface area (Å²) < 4.78 is 15.6. The molecule has 1 aliphatic rings. The van der Waals surface area contributed by atoms with Crippen molar-refractivity contribution in [1.82, 2.24) is 5.32 Å². The number of nitrogens with one attached hydrogen (secondary N) is 1. The van der Waals surface area contributed by atoms with Gasteiger partial charge in [0.2, 0.25) is 5.91 Å². The predicted molar refractivity (Wildman–Crippen MR) is 96.3 cm³/mol. The number of carbonyl (C=O) groups is 1. The summed E-state index contributed by atoms with van der Waals surface area (Å²) in [6, 6.07) is 12.3. The van der Waals surface area contributed by atoms with Crippen molar-refractivity contribution in [2.75, 3.05) is 34.5 Å². The summed E-state index contributed by atoms with van der Waals surface area (Å²) in [5, 5.41) is 2.90.